The predicted molar refractivity (Wildman–Crippen MR) is 232 cm³/mol. The van der Waals surface area contributed by atoms with Gasteiger partial charge in [0.05, 0.1) is 21.4 Å². The van der Waals surface area contributed by atoms with Crippen LogP contribution in [0.4, 0.5) is 0 Å². The summed E-state index contributed by atoms with van der Waals surface area (Å²) < 4.78 is 6.30. The van der Waals surface area contributed by atoms with E-state index in [1.54, 1.807) is 22.7 Å². The van der Waals surface area contributed by atoms with Gasteiger partial charge in [-0.1, -0.05) is 91.5 Å². The molecule has 0 aliphatic rings. The fraction of sp³-hybridized carbons (Fsp3) is 0.0217. The van der Waals surface area contributed by atoms with Crippen LogP contribution in [0.15, 0.2) is 157 Å². The Bertz CT molecular complexity index is 3320. The number of aromatic nitrogens is 4. The van der Waals surface area contributed by atoms with Gasteiger partial charge in [0, 0.05) is 57.5 Å². The van der Waals surface area contributed by atoms with Crippen LogP contribution in [0.5, 0.6) is 0 Å². The van der Waals surface area contributed by atoms with Crippen LogP contribution < -0.4 is 0 Å². The fourth-order valence-electron chi connectivity index (χ4n) is 7.70. The smallest absolute Gasteiger partial charge is 0.171 e. The Morgan fingerprint density at radius 2 is 1.11 bits per heavy atom. The van der Waals surface area contributed by atoms with Crippen molar-refractivity contribution in [3.05, 3.63) is 163 Å². The standard InChI is InChI=1S/C46H30N4O5S2/c1-24(52)40(54)39(41(55)35(53)23-51)46-48-44(47-45(49-46)31-16-10-15-28-27-13-4-8-19-36(27)56-42(28)31)30-21-22-34(43-38(30)29-14-5-9-20-37(29)57-43)50-32-17-6-2-11-25(32)26-12-3-7-18-33(26)50/h2-22,51-55H,1,23H2/b40-39-,41-35-. The average molecular weight is 783 g/mol. The molecule has 9 nitrogen and oxygen atoms in total. The van der Waals surface area contributed by atoms with Gasteiger partial charge in [-0.25, -0.2) is 15.0 Å². The first-order chi connectivity index (χ1) is 27.8. The van der Waals surface area contributed by atoms with Gasteiger partial charge in [-0.05, 0) is 42.5 Å². The Labute approximate surface area is 332 Å². The molecule has 0 spiro atoms. The minimum atomic E-state index is -0.960. The van der Waals surface area contributed by atoms with Crippen LogP contribution in [0.2, 0.25) is 0 Å². The summed E-state index contributed by atoms with van der Waals surface area (Å²) in [6, 6.07) is 42.8. The SMILES string of the molecule is C=C(O)/C(O)=C(\C(O)=C(\O)CO)c1nc(-c2cccc3c2sc2ccccc23)nc(-c2ccc(-n3c4ccccc4c4ccccc43)c3sc4ccccc4c23)n1. The highest BCUT2D eigenvalue weighted by Crippen LogP contribution is 2.46. The molecular weight excluding hydrogens is 753 g/mol. The van der Waals surface area contributed by atoms with E-state index in [1.807, 2.05) is 72.8 Å². The van der Waals surface area contributed by atoms with Crippen molar-refractivity contribution in [2.24, 2.45) is 0 Å². The molecule has 10 rings (SSSR count). The van der Waals surface area contributed by atoms with Gasteiger partial charge in [0.2, 0.25) is 0 Å². The molecule has 276 valence electrons. The third-order valence-electron chi connectivity index (χ3n) is 10.2. The van der Waals surface area contributed by atoms with Crippen LogP contribution in [0.25, 0.3) is 96.2 Å². The van der Waals surface area contributed by atoms with E-state index < -0.39 is 35.2 Å². The van der Waals surface area contributed by atoms with Gasteiger partial charge in [-0.15, -0.1) is 22.7 Å². The van der Waals surface area contributed by atoms with Crippen LogP contribution in [0.3, 0.4) is 0 Å². The van der Waals surface area contributed by atoms with E-state index in [-0.39, 0.29) is 17.5 Å². The number of para-hydroxylation sites is 2. The number of thiophene rings is 2. The Hall–Kier alpha value is -7.05. The van der Waals surface area contributed by atoms with Crippen LogP contribution in [0, 0.1) is 0 Å². The largest absolute Gasteiger partial charge is 0.506 e. The van der Waals surface area contributed by atoms with Gasteiger partial charge in [-0.2, -0.15) is 0 Å². The highest BCUT2D eigenvalue weighted by molar-refractivity contribution is 7.26. The van der Waals surface area contributed by atoms with Crippen LogP contribution in [-0.2, 0) is 0 Å². The molecular formula is C46H30N4O5S2. The number of allylic oxidation sites excluding steroid dienone is 1. The van der Waals surface area contributed by atoms with Crippen molar-refractivity contribution in [2.75, 3.05) is 6.61 Å². The predicted octanol–water partition coefficient (Wildman–Crippen LogP) is 11.7. The molecule has 4 heterocycles. The van der Waals surface area contributed by atoms with Crippen molar-refractivity contribution in [3.63, 3.8) is 0 Å². The Kier molecular flexibility index (Phi) is 8.04. The molecule has 0 unspecified atom stereocenters. The Balaban J connectivity index is 1.31. The minimum absolute atomic E-state index is 0.209. The summed E-state index contributed by atoms with van der Waals surface area (Å²) >= 11 is 3.24. The summed E-state index contributed by atoms with van der Waals surface area (Å²) in [4.78, 5) is 14.7. The van der Waals surface area contributed by atoms with E-state index >= 15 is 0 Å². The molecule has 0 fully saturated rings. The zero-order valence-corrected chi connectivity index (χ0v) is 31.5. The first kappa shape index (κ1) is 34.4. The van der Waals surface area contributed by atoms with Gasteiger partial charge < -0.3 is 30.1 Å². The topological polar surface area (TPSA) is 145 Å². The van der Waals surface area contributed by atoms with E-state index in [2.05, 4.69) is 65.7 Å². The van der Waals surface area contributed by atoms with Crippen LogP contribution in [-0.4, -0.2) is 51.7 Å². The minimum Gasteiger partial charge on any atom is -0.506 e. The summed E-state index contributed by atoms with van der Waals surface area (Å²) in [6.07, 6.45) is 0. The van der Waals surface area contributed by atoms with Gasteiger partial charge in [0.15, 0.2) is 40.5 Å². The molecule has 0 saturated heterocycles. The van der Waals surface area contributed by atoms with Crippen LogP contribution >= 0.6 is 22.7 Å². The van der Waals surface area contributed by atoms with Gasteiger partial charge in [-0.3, -0.25) is 0 Å². The molecule has 57 heavy (non-hydrogen) atoms. The molecule has 0 bridgehead atoms. The Morgan fingerprint density at radius 1 is 0.544 bits per heavy atom. The fourth-order valence-corrected chi connectivity index (χ4v) is 10.1. The zero-order chi connectivity index (χ0) is 38.9. The van der Waals surface area contributed by atoms with E-state index in [1.165, 1.54) is 0 Å². The Morgan fingerprint density at radius 3 is 1.77 bits per heavy atom. The van der Waals surface area contributed by atoms with Crippen LogP contribution in [0.1, 0.15) is 5.82 Å². The lowest BCUT2D eigenvalue weighted by molar-refractivity contribution is 0.232. The third-order valence-corrected chi connectivity index (χ3v) is 12.7. The number of fused-ring (bicyclic) bond motifs is 9. The quantitative estimate of drug-likeness (QED) is 0.0794. The lowest BCUT2D eigenvalue weighted by Gasteiger charge is -2.15. The second-order valence-electron chi connectivity index (χ2n) is 13.5. The summed E-state index contributed by atoms with van der Waals surface area (Å²) in [5, 5.41) is 59.4. The van der Waals surface area contributed by atoms with Gasteiger partial charge in [0.25, 0.3) is 0 Å². The van der Waals surface area contributed by atoms with E-state index in [0.717, 1.165) is 67.8 Å². The molecule has 0 aliphatic heterocycles. The molecule has 4 aromatic heterocycles. The molecule has 10 aromatic rings. The summed E-state index contributed by atoms with van der Waals surface area (Å²) in [7, 11) is 0. The molecule has 0 amide bonds. The second kappa shape index (κ2) is 13.3. The highest BCUT2D eigenvalue weighted by Gasteiger charge is 2.27. The summed E-state index contributed by atoms with van der Waals surface area (Å²) in [6.45, 7) is 2.48. The molecule has 0 atom stereocenters. The molecule has 0 radical (unpaired) electrons. The number of aliphatic hydroxyl groups excluding tert-OH is 5. The zero-order valence-electron chi connectivity index (χ0n) is 29.9. The number of rotatable bonds is 7. The normalized spacial score (nSPS) is 12.9. The second-order valence-corrected chi connectivity index (χ2v) is 15.6. The van der Waals surface area contributed by atoms with E-state index in [4.69, 9.17) is 15.0 Å². The van der Waals surface area contributed by atoms with Crippen molar-refractivity contribution in [3.8, 4) is 28.5 Å². The molecule has 0 saturated carbocycles. The summed E-state index contributed by atoms with van der Waals surface area (Å²) in [5.74, 6) is -3.33. The van der Waals surface area contributed by atoms with Gasteiger partial charge in [0.1, 0.15) is 12.2 Å². The van der Waals surface area contributed by atoms with Crippen molar-refractivity contribution < 1.29 is 25.5 Å². The first-order valence-electron chi connectivity index (χ1n) is 18.0. The maximum atomic E-state index is 11.2. The number of nitrogens with zero attached hydrogens (tertiary/aromatic N) is 4. The van der Waals surface area contributed by atoms with Crippen molar-refractivity contribution in [1.29, 1.82) is 0 Å². The third kappa shape index (κ3) is 5.35. The van der Waals surface area contributed by atoms with Crippen molar-refractivity contribution >= 4 is 90.4 Å². The number of aliphatic hydroxyl groups is 5. The maximum Gasteiger partial charge on any atom is 0.171 e. The summed E-state index contributed by atoms with van der Waals surface area (Å²) in [5.41, 5.74) is 3.88. The molecule has 6 aromatic carbocycles. The molecule has 0 aliphatic carbocycles. The number of benzene rings is 6. The molecule has 5 N–H and O–H groups in total. The van der Waals surface area contributed by atoms with E-state index in [0.29, 0.717) is 11.1 Å². The molecule has 11 heteroatoms. The number of hydrogen-bond acceptors (Lipinski definition) is 10. The highest BCUT2D eigenvalue weighted by atomic mass is 32.1. The number of hydrogen-bond donors (Lipinski definition) is 5. The maximum absolute atomic E-state index is 11.2. The van der Waals surface area contributed by atoms with E-state index in [9.17, 15) is 25.5 Å². The van der Waals surface area contributed by atoms with Crippen molar-refractivity contribution in [1.82, 2.24) is 19.5 Å². The average Bonchev–Trinajstić information content (AvgIpc) is 3.93. The van der Waals surface area contributed by atoms with Crippen molar-refractivity contribution in [2.45, 2.75) is 0 Å². The monoisotopic (exact) mass is 782 g/mol. The van der Waals surface area contributed by atoms with Gasteiger partial charge >= 0.3 is 0 Å². The first-order valence-corrected chi connectivity index (χ1v) is 19.6. The lowest BCUT2D eigenvalue weighted by Crippen LogP contribution is -2.09. The lowest BCUT2D eigenvalue weighted by atomic mass is 10.0.